The van der Waals surface area contributed by atoms with Crippen LogP contribution in [0.4, 0.5) is 0 Å². The zero-order chi connectivity index (χ0) is 10.9. The molecule has 1 saturated heterocycles. The van der Waals surface area contributed by atoms with Gasteiger partial charge in [0.05, 0.1) is 0 Å². The number of sulfonamides is 1. The first-order valence-corrected chi connectivity index (χ1v) is 7.19. The van der Waals surface area contributed by atoms with Gasteiger partial charge in [-0.05, 0) is 25.0 Å². The molecular formula is C9H15ClN2O2S2. The maximum Gasteiger partial charge on any atom is 0.252 e. The Morgan fingerprint density at radius 2 is 1.94 bits per heavy atom. The second kappa shape index (κ2) is 5.46. The smallest absolute Gasteiger partial charge is 0.252 e. The highest BCUT2D eigenvalue weighted by molar-refractivity contribution is 7.91. The van der Waals surface area contributed by atoms with Gasteiger partial charge in [-0.15, -0.1) is 23.7 Å². The number of halogens is 1. The van der Waals surface area contributed by atoms with Crippen LogP contribution in [-0.2, 0) is 16.6 Å². The average Bonchev–Trinajstić information content (AvgIpc) is 2.89. The van der Waals surface area contributed by atoms with Crippen molar-refractivity contribution < 1.29 is 8.42 Å². The predicted octanol–water partition coefficient (Wildman–Crippen LogP) is 1.41. The summed E-state index contributed by atoms with van der Waals surface area (Å²) in [4.78, 5) is 0.910. The van der Waals surface area contributed by atoms with Crippen LogP contribution in [0.5, 0.6) is 0 Å². The van der Waals surface area contributed by atoms with E-state index in [0.717, 1.165) is 17.7 Å². The molecule has 0 unspecified atom stereocenters. The molecule has 0 saturated carbocycles. The fourth-order valence-corrected chi connectivity index (χ4v) is 4.57. The summed E-state index contributed by atoms with van der Waals surface area (Å²) < 4.78 is 26.1. The molecule has 0 aliphatic carbocycles. The summed E-state index contributed by atoms with van der Waals surface area (Å²) >= 11 is 1.27. The third-order valence-electron chi connectivity index (χ3n) is 2.50. The van der Waals surface area contributed by atoms with Crippen molar-refractivity contribution in [2.45, 2.75) is 23.6 Å². The summed E-state index contributed by atoms with van der Waals surface area (Å²) in [6.45, 7) is 1.70. The molecule has 0 aromatic carbocycles. The number of nitrogens with two attached hydrogens (primary N) is 1. The minimum Gasteiger partial charge on any atom is -0.326 e. The quantitative estimate of drug-likeness (QED) is 0.912. The Kier molecular flexibility index (Phi) is 4.75. The van der Waals surface area contributed by atoms with Crippen LogP contribution >= 0.6 is 23.7 Å². The third kappa shape index (κ3) is 2.57. The van der Waals surface area contributed by atoms with Gasteiger partial charge in [0.1, 0.15) is 4.21 Å². The summed E-state index contributed by atoms with van der Waals surface area (Å²) in [5.41, 5.74) is 5.46. The molecule has 2 N–H and O–H groups in total. The minimum absolute atomic E-state index is 0. The molecule has 0 spiro atoms. The van der Waals surface area contributed by atoms with Crippen molar-refractivity contribution in [3.8, 4) is 0 Å². The highest BCUT2D eigenvalue weighted by Gasteiger charge is 2.28. The minimum atomic E-state index is -3.23. The van der Waals surface area contributed by atoms with E-state index in [1.807, 2.05) is 0 Å². The second-order valence-corrected chi connectivity index (χ2v) is 6.87. The van der Waals surface area contributed by atoms with Crippen molar-refractivity contribution in [1.29, 1.82) is 0 Å². The highest BCUT2D eigenvalue weighted by Crippen LogP contribution is 2.26. The van der Waals surface area contributed by atoms with E-state index in [0.29, 0.717) is 23.8 Å². The van der Waals surface area contributed by atoms with Crippen LogP contribution in [-0.4, -0.2) is 25.8 Å². The van der Waals surface area contributed by atoms with E-state index >= 15 is 0 Å². The van der Waals surface area contributed by atoms with E-state index in [-0.39, 0.29) is 12.4 Å². The molecule has 1 aliphatic heterocycles. The van der Waals surface area contributed by atoms with Crippen molar-refractivity contribution in [1.82, 2.24) is 4.31 Å². The molecule has 0 bridgehead atoms. The van der Waals surface area contributed by atoms with Gasteiger partial charge >= 0.3 is 0 Å². The maximum absolute atomic E-state index is 12.1. The Balaban J connectivity index is 0.00000128. The monoisotopic (exact) mass is 282 g/mol. The van der Waals surface area contributed by atoms with Crippen LogP contribution in [0.2, 0.25) is 0 Å². The Morgan fingerprint density at radius 3 is 2.44 bits per heavy atom. The van der Waals surface area contributed by atoms with Gasteiger partial charge in [0, 0.05) is 24.5 Å². The van der Waals surface area contributed by atoms with Crippen molar-refractivity contribution in [2.75, 3.05) is 13.1 Å². The topological polar surface area (TPSA) is 63.4 Å². The zero-order valence-corrected chi connectivity index (χ0v) is 11.2. The molecule has 1 aliphatic rings. The number of hydrogen-bond donors (Lipinski definition) is 1. The van der Waals surface area contributed by atoms with E-state index < -0.39 is 10.0 Å². The van der Waals surface area contributed by atoms with Gasteiger partial charge < -0.3 is 5.73 Å². The van der Waals surface area contributed by atoms with Crippen LogP contribution in [0.25, 0.3) is 0 Å². The number of rotatable bonds is 3. The predicted molar refractivity (Wildman–Crippen MR) is 67.5 cm³/mol. The molecule has 16 heavy (non-hydrogen) atoms. The lowest BCUT2D eigenvalue weighted by molar-refractivity contribution is 0.479. The highest BCUT2D eigenvalue weighted by atomic mass is 35.5. The van der Waals surface area contributed by atoms with Gasteiger partial charge in [-0.1, -0.05) is 0 Å². The van der Waals surface area contributed by atoms with Crippen molar-refractivity contribution in [2.24, 2.45) is 5.73 Å². The molecule has 1 fully saturated rings. The summed E-state index contributed by atoms with van der Waals surface area (Å²) in [5, 5.41) is 0. The van der Waals surface area contributed by atoms with E-state index in [4.69, 9.17) is 5.73 Å². The molecule has 4 nitrogen and oxygen atoms in total. The second-order valence-electron chi connectivity index (χ2n) is 3.54. The van der Waals surface area contributed by atoms with Crippen LogP contribution in [0, 0.1) is 0 Å². The first-order chi connectivity index (χ1) is 7.14. The average molecular weight is 283 g/mol. The summed E-state index contributed by atoms with van der Waals surface area (Å²) in [7, 11) is -3.23. The van der Waals surface area contributed by atoms with Crippen molar-refractivity contribution in [3.05, 3.63) is 17.0 Å². The van der Waals surface area contributed by atoms with Crippen molar-refractivity contribution in [3.63, 3.8) is 0 Å². The molecule has 2 rings (SSSR count). The van der Waals surface area contributed by atoms with Crippen LogP contribution in [0.15, 0.2) is 16.3 Å². The molecule has 2 heterocycles. The normalized spacial score (nSPS) is 17.3. The van der Waals surface area contributed by atoms with Crippen LogP contribution in [0.1, 0.15) is 17.7 Å². The number of thiophene rings is 1. The van der Waals surface area contributed by atoms with Gasteiger partial charge in [-0.2, -0.15) is 4.31 Å². The Morgan fingerprint density at radius 1 is 1.31 bits per heavy atom. The van der Waals surface area contributed by atoms with Crippen molar-refractivity contribution >= 4 is 33.8 Å². The van der Waals surface area contributed by atoms with Gasteiger partial charge in [-0.3, -0.25) is 0 Å². The molecular weight excluding hydrogens is 268 g/mol. The van der Waals surface area contributed by atoms with Crippen LogP contribution in [0.3, 0.4) is 0 Å². The lowest BCUT2D eigenvalue weighted by atomic mass is 10.4. The standard InChI is InChI=1S/C9H14N2O2S2.ClH/c10-7-8-3-4-9(14-8)15(12,13)11-5-1-2-6-11;/h3-4H,1-2,5-7,10H2;1H. The van der Waals surface area contributed by atoms with Gasteiger partial charge in [-0.25, -0.2) is 8.42 Å². The van der Waals surface area contributed by atoms with E-state index in [2.05, 4.69) is 0 Å². The summed E-state index contributed by atoms with van der Waals surface area (Å²) in [6, 6.07) is 3.44. The van der Waals surface area contributed by atoms with E-state index in [9.17, 15) is 8.42 Å². The fraction of sp³-hybridized carbons (Fsp3) is 0.556. The molecule has 0 amide bonds. The summed E-state index contributed by atoms with van der Waals surface area (Å²) in [5.74, 6) is 0. The molecule has 1 aromatic rings. The largest absolute Gasteiger partial charge is 0.326 e. The Labute approximate surface area is 106 Å². The Hall–Kier alpha value is -0.140. The molecule has 1 aromatic heterocycles. The zero-order valence-electron chi connectivity index (χ0n) is 8.76. The number of nitrogens with zero attached hydrogens (tertiary/aromatic N) is 1. The first kappa shape index (κ1) is 13.9. The first-order valence-electron chi connectivity index (χ1n) is 4.93. The lowest BCUT2D eigenvalue weighted by Gasteiger charge is -2.13. The summed E-state index contributed by atoms with van der Waals surface area (Å²) in [6.07, 6.45) is 1.93. The van der Waals surface area contributed by atoms with Gasteiger partial charge in [0.15, 0.2) is 0 Å². The Bertz CT molecular complexity index is 438. The SMILES string of the molecule is Cl.NCc1ccc(S(=O)(=O)N2CCCC2)s1. The van der Waals surface area contributed by atoms with E-state index in [1.54, 1.807) is 16.4 Å². The fourth-order valence-electron chi connectivity index (χ4n) is 1.66. The molecule has 7 heteroatoms. The molecule has 92 valence electrons. The van der Waals surface area contributed by atoms with Gasteiger partial charge in [0.2, 0.25) is 0 Å². The third-order valence-corrected chi connectivity index (χ3v) is 5.97. The lowest BCUT2D eigenvalue weighted by Crippen LogP contribution is -2.27. The molecule has 0 atom stereocenters. The molecule has 0 radical (unpaired) electrons. The van der Waals surface area contributed by atoms with Gasteiger partial charge in [0.25, 0.3) is 10.0 Å². The van der Waals surface area contributed by atoms with Crippen LogP contribution < -0.4 is 5.73 Å². The van der Waals surface area contributed by atoms with E-state index in [1.165, 1.54) is 11.3 Å². The maximum atomic E-state index is 12.1. The number of hydrogen-bond acceptors (Lipinski definition) is 4.